The Morgan fingerprint density at radius 1 is 1.29 bits per heavy atom. The Hall–Kier alpha value is -0.270. The van der Waals surface area contributed by atoms with Gasteiger partial charge in [0.1, 0.15) is 0 Å². The SMILES string of the molecule is Cc1cnc(N(C)C(P(=O)(O)O)P(=O)(O)O)s1. The van der Waals surface area contributed by atoms with Crippen LogP contribution in [0, 0.1) is 6.92 Å². The average Bonchev–Trinajstić information content (AvgIpc) is 2.45. The zero-order chi connectivity index (χ0) is 13.4. The summed E-state index contributed by atoms with van der Waals surface area (Å²) < 4.78 is 22.3. The minimum Gasteiger partial charge on any atom is -0.327 e. The van der Waals surface area contributed by atoms with Gasteiger partial charge in [-0.25, -0.2) is 4.98 Å². The maximum Gasteiger partial charge on any atom is 0.360 e. The summed E-state index contributed by atoms with van der Waals surface area (Å²) in [6.07, 6.45) is 1.45. The van der Waals surface area contributed by atoms with Gasteiger partial charge in [0.2, 0.25) is 5.52 Å². The van der Waals surface area contributed by atoms with Gasteiger partial charge in [-0.15, -0.1) is 11.3 Å². The lowest BCUT2D eigenvalue weighted by molar-refractivity contribution is 0.338. The Morgan fingerprint density at radius 3 is 2.06 bits per heavy atom. The highest BCUT2D eigenvalue weighted by Crippen LogP contribution is 2.61. The van der Waals surface area contributed by atoms with Gasteiger partial charge >= 0.3 is 15.2 Å². The average molecular weight is 302 g/mol. The van der Waals surface area contributed by atoms with Crippen molar-refractivity contribution in [1.82, 2.24) is 4.98 Å². The van der Waals surface area contributed by atoms with Gasteiger partial charge in [-0.2, -0.15) is 0 Å². The van der Waals surface area contributed by atoms with Crippen molar-refractivity contribution in [3.8, 4) is 0 Å². The quantitative estimate of drug-likeness (QED) is 0.592. The van der Waals surface area contributed by atoms with E-state index in [1.165, 1.54) is 13.2 Å². The summed E-state index contributed by atoms with van der Waals surface area (Å²) in [4.78, 5) is 41.4. The molecule has 0 saturated heterocycles. The third kappa shape index (κ3) is 3.59. The maximum atomic E-state index is 11.1. The van der Waals surface area contributed by atoms with Gasteiger partial charge < -0.3 is 24.5 Å². The molecule has 0 atom stereocenters. The van der Waals surface area contributed by atoms with E-state index in [1.807, 2.05) is 0 Å². The highest BCUT2D eigenvalue weighted by Gasteiger charge is 2.47. The van der Waals surface area contributed by atoms with E-state index in [9.17, 15) is 9.13 Å². The largest absolute Gasteiger partial charge is 0.360 e. The number of thiazole rings is 1. The highest BCUT2D eigenvalue weighted by atomic mass is 32.1. The van der Waals surface area contributed by atoms with Crippen LogP contribution in [0.2, 0.25) is 0 Å². The van der Waals surface area contributed by atoms with E-state index in [2.05, 4.69) is 4.98 Å². The van der Waals surface area contributed by atoms with Gasteiger partial charge in [-0.05, 0) is 6.92 Å². The lowest BCUT2D eigenvalue weighted by Gasteiger charge is -2.28. The molecule has 0 aliphatic rings. The number of nitrogens with zero attached hydrogens (tertiary/aromatic N) is 2. The van der Waals surface area contributed by atoms with Crippen LogP contribution in [0.4, 0.5) is 5.13 Å². The molecular weight excluding hydrogens is 290 g/mol. The van der Waals surface area contributed by atoms with Crippen molar-refractivity contribution in [1.29, 1.82) is 0 Å². The second-order valence-corrected chi connectivity index (χ2v) is 8.34. The van der Waals surface area contributed by atoms with E-state index in [0.29, 0.717) is 0 Å². The van der Waals surface area contributed by atoms with Crippen LogP contribution in [0.3, 0.4) is 0 Å². The van der Waals surface area contributed by atoms with Crippen LogP contribution in [0.25, 0.3) is 0 Å². The van der Waals surface area contributed by atoms with Crippen LogP contribution in [-0.4, -0.2) is 37.1 Å². The van der Waals surface area contributed by atoms with E-state index in [4.69, 9.17) is 19.6 Å². The Bertz CT molecular complexity index is 470. The molecule has 0 aliphatic heterocycles. The summed E-state index contributed by atoms with van der Waals surface area (Å²) >= 11 is 1.08. The zero-order valence-corrected chi connectivity index (χ0v) is 11.6. The second-order valence-electron chi connectivity index (χ2n) is 3.39. The van der Waals surface area contributed by atoms with Crippen LogP contribution in [-0.2, 0) is 9.13 Å². The number of hydrogen-bond acceptors (Lipinski definition) is 5. The molecule has 0 unspecified atom stereocenters. The van der Waals surface area contributed by atoms with Crippen LogP contribution in [0.5, 0.6) is 0 Å². The van der Waals surface area contributed by atoms with Gasteiger partial charge in [-0.1, -0.05) is 0 Å². The summed E-state index contributed by atoms with van der Waals surface area (Å²) in [7, 11) is -8.78. The molecule has 4 N–H and O–H groups in total. The van der Waals surface area contributed by atoms with Crippen LogP contribution < -0.4 is 4.90 Å². The Balaban J connectivity index is 3.17. The van der Waals surface area contributed by atoms with E-state index in [1.54, 1.807) is 6.92 Å². The van der Waals surface area contributed by atoms with Crippen molar-refractivity contribution in [3.63, 3.8) is 0 Å². The van der Waals surface area contributed by atoms with Crippen molar-refractivity contribution in [3.05, 3.63) is 11.1 Å². The second kappa shape index (κ2) is 4.78. The fourth-order valence-corrected chi connectivity index (χ4v) is 4.85. The number of rotatable bonds is 4. The molecule has 98 valence electrons. The molecule has 0 amide bonds. The summed E-state index contributed by atoms with van der Waals surface area (Å²) in [6.45, 7) is 1.72. The van der Waals surface area contributed by atoms with Crippen LogP contribution >= 0.6 is 26.5 Å². The first-order valence-electron chi connectivity index (χ1n) is 4.29. The van der Waals surface area contributed by atoms with Gasteiger partial charge in [0, 0.05) is 18.1 Å². The molecule has 0 saturated carbocycles. The maximum absolute atomic E-state index is 11.1. The molecule has 1 heterocycles. The van der Waals surface area contributed by atoms with Crippen molar-refractivity contribution in [2.24, 2.45) is 0 Å². The van der Waals surface area contributed by atoms with Crippen LogP contribution in [0.15, 0.2) is 6.20 Å². The summed E-state index contributed by atoms with van der Waals surface area (Å²) in [6, 6.07) is 0. The van der Waals surface area contributed by atoms with Crippen molar-refractivity contribution in [2.75, 3.05) is 11.9 Å². The topological polar surface area (TPSA) is 131 Å². The van der Waals surface area contributed by atoms with Crippen LogP contribution in [0.1, 0.15) is 4.88 Å². The first kappa shape index (κ1) is 14.8. The molecule has 1 aromatic heterocycles. The molecule has 1 aromatic rings. The lowest BCUT2D eigenvalue weighted by Crippen LogP contribution is -2.31. The van der Waals surface area contributed by atoms with E-state index < -0.39 is 20.7 Å². The molecule has 0 fully saturated rings. The van der Waals surface area contributed by atoms with E-state index >= 15 is 0 Å². The summed E-state index contributed by atoms with van der Waals surface area (Å²) in [5, 5.41) is 0.138. The van der Waals surface area contributed by atoms with Crippen molar-refractivity contribution in [2.45, 2.75) is 12.4 Å². The molecule has 11 heteroatoms. The molecule has 0 bridgehead atoms. The smallest absolute Gasteiger partial charge is 0.327 e. The molecule has 8 nitrogen and oxygen atoms in total. The van der Waals surface area contributed by atoms with Gasteiger partial charge in [0.25, 0.3) is 0 Å². The van der Waals surface area contributed by atoms with Crippen molar-refractivity contribution < 1.29 is 28.7 Å². The Kier molecular flexibility index (Phi) is 4.16. The molecule has 0 aromatic carbocycles. The van der Waals surface area contributed by atoms with E-state index in [0.717, 1.165) is 21.1 Å². The number of aromatic nitrogens is 1. The summed E-state index contributed by atoms with van der Waals surface area (Å²) in [5.74, 6) is 0. The van der Waals surface area contributed by atoms with E-state index in [-0.39, 0.29) is 5.13 Å². The Labute approximate surface area is 101 Å². The normalized spacial score (nSPS) is 13.1. The number of aryl methyl sites for hydroxylation is 1. The molecule has 17 heavy (non-hydrogen) atoms. The fourth-order valence-electron chi connectivity index (χ4n) is 1.25. The molecule has 1 rings (SSSR count). The lowest BCUT2D eigenvalue weighted by atomic mass is 10.7. The van der Waals surface area contributed by atoms with Gasteiger partial charge in [-0.3, -0.25) is 9.13 Å². The Morgan fingerprint density at radius 2 is 1.76 bits per heavy atom. The summed E-state index contributed by atoms with van der Waals surface area (Å²) in [5.41, 5.74) is -2.21. The first-order valence-corrected chi connectivity index (χ1v) is 8.47. The van der Waals surface area contributed by atoms with Gasteiger partial charge in [0.05, 0.1) is 0 Å². The van der Waals surface area contributed by atoms with Crippen molar-refractivity contribution >= 4 is 31.7 Å². The number of anilines is 1. The molecular formula is C6H12N2O6P2S. The molecule has 0 radical (unpaired) electrons. The standard InChI is InChI=1S/C6H12N2O6P2S/c1-4-3-7-5(17-4)8(2)6(15(9,10)11)16(12,13)14/h3,6H,1-2H3,(H2,9,10,11)(H2,12,13,14). The monoisotopic (exact) mass is 302 g/mol. The molecule has 0 aliphatic carbocycles. The minimum absolute atomic E-state index is 0.138. The fraction of sp³-hybridized carbons (Fsp3) is 0.500. The third-order valence-electron chi connectivity index (χ3n) is 1.86. The first-order chi connectivity index (χ1) is 7.53. The predicted octanol–water partition coefficient (Wildman–Crippen LogP) is 0.527. The highest BCUT2D eigenvalue weighted by molar-refractivity contribution is 7.71. The minimum atomic E-state index is -4.98. The van der Waals surface area contributed by atoms with Gasteiger partial charge in [0.15, 0.2) is 5.13 Å². The molecule has 0 spiro atoms. The third-order valence-corrected chi connectivity index (χ3v) is 6.56. The number of hydrogen-bond donors (Lipinski definition) is 4. The predicted molar refractivity (Wildman–Crippen MR) is 63.1 cm³/mol. The zero-order valence-electron chi connectivity index (χ0n) is 8.96.